The molecule has 0 aromatic heterocycles. The minimum Gasteiger partial charge on any atom is -0.393 e. The van der Waals surface area contributed by atoms with Crippen molar-refractivity contribution in [2.45, 2.75) is 25.9 Å². The Kier molecular flexibility index (Phi) is 4.32. The molecule has 19 heavy (non-hydrogen) atoms. The Bertz CT molecular complexity index is 469. The number of carbonyl (C=O) groups is 1. The molecule has 1 aliphatic rings. The number of benzene rings is 1. The van der Waals surface area contributed by atoms with E-state index in [0.717, 1.165) is 31.6 Å². The molecule has 0 radical (unpaired) electrons. The summed E-state index contributed by atoms with van der Waals surface area (Å²) in [5, 5.41) is 10.1. The van der Waals surface area contributed by atoms with E-state index in [0.29, 0.717) is 16.5 Å². The molecule has 0 spiro atoms. The summed E-state index contributed by atoms with van der Waals surface area (Å²) in [5.41, 5.74) is 6.70. The number of piperidine rings is 1. The molecule has 0 aliphatic carbocycles. The van der Waals surface area contributed by atoms with Crippen LogP contribution in [0.4, 0.5) is 5.69 Å². The smallest absolute Gasteiger partial charge is 0.250 e. The number of primary amides is 1. The lowest BCUT2D eigenvalue weighted by atomic mass is 9.91. The number of hydrogen-bond acceptors (Lipinski definition) is 3. The minimum absolute atomic E-state index is 0.275. The summed E-state index contributed by atoms with van der Waals surface area (Å²) < 4.78 is 0. The van der Waals surface area contributed by atoms with E-state index in [4.69, 9.17) is 17.3 Å². The highest BCUT2D eigenvalue weighted by Gasteiger charge is 2.24. The van der Waals surface area contributed by atoms with Crippen molar-refractivity contribution in [3.8, 4) is 0 Å². The van der Waals surface area contributed by atoms with E-state index in [1.165, 1.54) is 0 Å². The van der Waals surface area contributed by atoms with Gasteiger partial charge in [-0.15, -0.1) is 0 Å². The molecule has 1 aliphatic heterocycles. The minimum atomic E-state index is -0.463. The molecule has 1 saturated heterocycles. The van der Waals surface area contributed by atoms with E-state index in [1.54, 1.807) is 12.1 Å². The molecule has 1 atom stereocenters. The summed E-state index contributed by atoms with van der Waals surface area (Å²) in [7, 11) is 0. The van der Waals surface area contributed by atoms with Gasteiger partial charge in [-0.1, -0.05) is 11.6 Å². The lowest BCUT2D eigenvalue weighted by Gasteiger charge is -2.35. The van der Waals surface area contributed by atoms with Crippen LogP contribution in [0.25, 0.3) is 0 Å². The maximum Gasteiger partial charge on any atom is 0.250 e. The summed E-state index contributed by atoms with van der Waals surface area (Å²) in [6.45, 7) is 3.46. The van der Waals surface area contributed by atoms with Crippen molar-refractivity contribution >= 4 is 23.2 Å². The first-order valence-electron chi connectivity index (χ1n) is 6.51. The number of anilines is 1. The maximum atomic E-state index is 11.5. The van der Waals surface area contributed by atoms with Crippen molar-refractivity contribution in [1.29, 1.82) is 0 Å². The van der Waals surface area contributed by atoms with Gasteiger partial charge < -0.3 is 15.7 Å². The summed E-state index contributed by atoms with van der Waals surface area (Å²) in [4.78, 5) is 13.6. The van der Waals surface area contributed by atoms with Crippen LogP contribution < -0.4 is 10.6 Å². The number of amides is 1. The van der Waals surface area contributed by atoms with E-state index in [2.05, 4.69) is 4.90 Å². The van der Waals surface area contributed by atoms with Gasteiger partial charge in [-0.05, 0) is 43.9 Å². The molecular formula is C14H19ClN2O2. The monoisotopic (exact) mass is 282 g/mol. The Morgan fingerprint density at radius 1 is 1.47 bits per heavy atom. The van der Waals surface area contributed by atoms with Crippen LogP contribution in [0.5, 0.6) is 0 Å². The fourth-order valence-corrected chi connectivity index (χ4v) is 2.78. The average Bonchev–Trinajstić information content (AvgIpc) is 2.38. The van der Waals surface area contributed by atoms with E-state index in [9.17, 15) is 9.90 Å². The predicted molar refractivity (Wildman–Crippen MR) is 76.6 cm³/mol. The SMILES string of the molecule is CC(O)C1CCN(c2ccc(Cl)cc2C(N)=O)CC1. The molecule has 1 unspecified atom stereocenters. The fraction of sp³-hybridized carbons (Fsp3) is 0.500. The normalized spacial score (nSPS) is 18.4. The van der Waals surface area contributed by atoms with Crippen molar-refractivity contribution in [3.63, 3.8) is 0 Å². The second kappa shape index (κ2) is 5.80. The quantitative estimate of drug-likeness (QED) is 0.891. The molecule has 1 amide bonds. The standard InChI is InChI=1S/C14H19ClN2O2/c1-9(18)10-4-6-17(7-5-10)13-3-2-11(15)8-12(13)14(16)19/h2-3,8-10,18H,4-7H2,1H3,(H2,16,19). The summed E-state index contributed by atoms with van der Waals surface area (Å²) in [6.07, 6.45) is 1.56. The van der Waals surface area contributed by atoms with Gasteiger partial charge in [0, 0.05) is 23.8 Å². The Morgan fingerprint density at radius 3 is 2.63 bits per heavy atom. The molecule has 1 heterocycles. The zero-order chi connectivity index (χ0) is 14.0. The van der Waals surface area contributed by atoms with Crippen LogP contribution in [0, 0.1) is 5.92 Å². The van der Waals surface area contributed by atoms with Gasteiger partial charge in [0.05, 0.1) is 11.7 Å². The summed E-state index contributed by atoms with van der Waals surface area (Å²) in [6, 6.07) is 5.22. The number of aliphatic hydroxyl groups excluding tert-OH is 1. The zero-order valence-corrected chi connectivity index (χ0v) is 11.7. The molecular weight excluding hydrogens is 264 g/mol. The first kappa shape index (κ1) is 14.2. The van der Waals surface area contributed by atoms with Gasteiger partial charge in [0.15, 0.2) is 0 Å². The third kappa shape index (κ3) is 3.19. The van der Waals surface area contributed by atoms with Crippen LogP contribution in [0.2, 0.25) is 5.02 Å². The van der Waals surface area contributed by atoms with Gasteiger partial charge in [-0.25, -0.2) is 0 Å². The molecule has 1 aromatic rings. The van der Waals surface area contributed by atoms with Crippen molar-refractivity contribution in [1.82, 2.24) is 0 Å². The Balaban J connectivity index is 2.17. The van der Waals surface area contributed by atoms with Gasteiger partial charge in [0.1, 0.15) is 0 Å². The van der Waals surface area contributed by atoms with E-state index in [-0.39, 0.29) is 6.10 Å². The summed E-state index contributed by atoms with van der Waals surface area (Å²) >= 11 is 5.91. The van der Waals surface area contributed by atoms with Crippen LogP contribution in [0.15, 0.2) is 18.2 Å². The van der Waals surface area contributed by atoms with Gasteiger partial charge in [0.2, 0.25) is 0 Å². The van der Waals surface area contributed by atoms with Crippen LogP contribution in [-0.4, -0.2) is 30.2 Å². The second-order valence-corrected chi connectivity index (χ2v) is 5.53. The lowest BCUT2D eigenvalue weighted by molar-refractivity contribution is 0.0998. The largest absolute Gasteiger partial charge is 0.393 e. The van der Waals surface area contributed by atoms with E-state index >= 15 is 0 Å². The Morgan fingerprint density at radius 2 is 2.11 bits per heavy atom. The van der Waals surface area contributed by atoms with Gasteiger partial charge in [-0.2, -0.15) is 0 Å². The van der Waals surface area contributed by atoms with E-state index < -0.39 is 5.91 Å². The molecule has 4 nitrogen and oxygen atoms in total. The number of rotatable bonds is 3. The first-order chi connectivity index (χ1) is 8.99. The highest BCUT2D eigenvalue weighted by atomic mass is 35.5. The molecule has 5 heteroatoms. The third-order valence-electron chi connectivity index (χ3n) is 3.79. The third-order valence-corrected chi connectivity index (χ3v) is 4.02. The number of aliphatic hydroxyl groups is 1. The molecule has 1 aromatic carbocycles. The molecule has 3 N–H and O–H groups in total. The van der Waals surface area contributed by atoms with Crippen LogP contribution >= 0.6 is 11.6 Å². The zero-order valence-electron chi connectivity index (χ0n) is 11.0. The molecule has 0 bridgehead atoms. The van der Waals surface area contributed by atoms with Gasteiger partial charge >= 0.3 is 0 Å². The van der Waals surface area contributed by atoms with Crippen molar-refractivity contribution in [2.75, 3.05) is 18.0 Å². The van der Waals surface area contributed by atoms with Crippen LogP contribution in [0.3, 0.4) is 0 Å². The number of hydrogen-bond donors (Lipinski definition) is 2. The highest BCUT2D eigenvalue weighted by molar-refractivity contribution is 6.31. The Hall–Kier alpha value is -1.26. The maximum absolute atomic E-state index is 11.5. The lowest BCUT2D eigenvalue weighted by Crippen LogP contribution is -2.38. The van der Waals surface area contributed by atoms with Crippen LogP contribution in [0.1, 0.15) is 30.1 Å². The van der Waals surface area contributed by atoms with Crippen molar-refractivity contribution in [2.24, 2.45) is 11.7 Å². The summed E-state index contributed by atoms with van der Waals surface area (Å²) in [5.74, 6) is -0.129. The van der Waals surface area contributed by atoms with E-state index in [1.807, 2.05) is 13.0 Å². The highest BCUT2D eigenvalue weighted by Crippen LogP contribution is 2.29. The number of nitrogens with zero attached hydrogens (tertiary/aromatic N) is 1. The number of nitrogens with two attached hydrogens (primary N) is 1. The molecule has 2 rings (SSSR count). The first-order valence-corrected chi connectivity index (χ1v) is 6.89. The molecule has 1 fully saturated rings. The number of carbonyl (C=O) groups excluding carboxylic acids is 1. The Labute approximate surface area is 118 Å². The van der Waals surface area contributed by atoms with Crippen LogP contribution in [-0.2, 0) is 0 Å². The fourth-order valence-electron chi connectivity index (χ4n) is 2.60. The molecule has 0 saturated carbocycles. The van der Waals surface area contributed by atoms with Crippen molar-refractivity contribution < 1.29 is 9.90 Å². The number of halogens is 1. The molecule has 104 valence electrons. The second-order valence-electron chi connectivity index (χ2n) is 5.09. The van der Waals surface area contributed by atoms with Gasteiger partial charge in [-0.3, -0.25) is 4.79 Å². The average molecular weight is 283 g/mol. The predicted octanol–water partition coefficient (Wildman–Crippen LogP) is 2.04. The topological polar surface area (TPSA) is 66.6 Å². The van der Waals surface area contributed by atoms with Crippen molar-refractivity contribution in [3.05, 3.63) is 28.8 Å². The van der Waals surface area contributed by atoms with Gasteiger partial charge in [0.25, 0.3) is 5.91 Å².